The quantitative estimate of drug-likeness (QED) is 0.726. The number of aliphatic hydroxyl groups excluding tert-OH is 1. The molecule has 1 aromatic carbocycles. The predicted molar refractivity (Wildman–Crippen MR) is 61.7 cm³/mol. The Bertz CT molecular complexity index is 305. The summed E-state index contributed by atoms with van der Waals surface area (Å²) in [5.74, 6) is 0.852. The molecule has 3 nitrogen and oxygen atoms in total. The number of ether oxygens (including phenoxy) is 1. The molecule has 0 aliphatic heterocycles. The highest BCUT2D eigenvalue weighted by Gasteiger charge is 2.02. The summed E-state index contributed by atoms with van der Waals surface area (Å²) in [6.07, 6.45) is 0.837. The first kappa shape index (κ1) is 12.3. The molecule has 0 aromatic heterocycles. The van der Waals surface area contributed by atoms with Gasteiger partial charge in [0.25, 0.3) is 0 Å². The van der Waals surface area contributed by atoms with Gasteiger partial charge in [0.1, 0.15) is 5.75 Å². The highest BCUT2D eigenvalue weighted by molar-refractivity contribution is 6.30. The molecule has 0 aliphatic rings. The van der Waals surface area contributed by atoms with Gasteiger partial charge in [0, 0.05) is 11.6 Å². The average Bonchev–Trinajstić information content (AvgIpc) is 2.25. The Morgan fingerprint density at radius 2 is 2.20 bits per heavy atom. The molecule has 1 rings (SSSR count). The van der Waals surface area contributed by atoms with Gasteiger partial charge >= 0.3 is 0 Å². The van der Waals surface area contributed by atoms with Crippen molar-refractivity contribution in [3.8, 4) is 5.75 Å². The molecule has 0 bridgehead atoms. The van der Waals surface area contributed by atoms with E-state index in [0.717, 1.165) is 24.3 Å². The van der Waals surface area contributed by atoms with Gasteiger partial charge in [0.2, 0.25) is 0 Å². The van der Waals surface area contributed by atoms with Crippen LogP contribution >= 0.6 is 11.6 Å². The Morgan fingerprint density at radius 1 is 1.40 bits per heavy atom. The van der Waals surface area contributed by atoms with Crippen LogP contribution in [0.3, 0.4) is 0 Å². The summed E-state index contributed by atoms with van der Waals surface area (Å²) >= 11 is 5.90. The van der Waals surface area contributed by atoms with Crippen molar-refractivity contribution < 1.29 is 9.84 Å². The minimum absolute atomic E-state index is 0.159. The van der Waals surface area contributed by atoms with Gasteiger partial charge in [-0.3, -0.25) is 0 Å². The van der Waals surface area contributed by atoms with Crippen LogP contribution in [0.4, 0.5) is 0 Å². The summed E-state index contributed by atoms with van der Waals surface area (Å²) in [5, 5.41) is 12.4. The van der Waals surface area contributed by atoms with Gasteiger partial charge in [-0.25, -0.2) is 0 Å². The highest BCUT2D eigenvalue weighted by Crippen LogP contribution is 2.22. The third-order valence-electron chi connectivity index (χ3n) is 2.10. The van der Waals surface area contributed by atoms with Gasteiger partial charge in [-0.2, -0.15) is 0 Å². The Morgan fingerprint density at radius 3 is 2.87 bits per heavy atom. The lowest BCUT2D eigenvalue weighted by molar-refractivity contribution is 0.292. The summed E-state index contributed by atoms with van der Waals surface area (Å²) < 4.78 is 5.22. The van der Waals surface area contributed by atoms with Crippen molar-refractivity contribution in [2.75, 3.05) is 26.8 Å². The van der Waals surface area contributed by atoms with E-state index in [9.17, 15) is 0 Å². The third kappa shape index (κ3) is 4.08. The van der Waals surface area contributed by atoms with E-state index in [4.69, 9.17) is 21.4 Å². The molecule has 0 unspecified atom stereocenters. The van der Waals surface area contributed by atoms with E-state index in [0.29, 0.717) is 11.6 Å². The van der Waals surface area contributed by atoms with Crippen molar-refractivity contribution >= 4 is 11.6 Å². The van der Waals surface area contributed by atoms with Crippen molar-refractivity contribution in [3.05, 3.63) is 28.8 Å². The minimum atomic E-state index is 0.159. The molecule has 1 aromatic rings. The molecule has 0 amide bonds. The van der Waals surface area contributed by atoms with Crippen LogP contribution in [0, 0.1) is 0 Å². The third-order valence-corrected chi connectivity index (χ3v) is 2.34. The monoisotopic (exact) mass is 229 g/mol. The van der Waals surface area contributed by atoms with Gasteiger partial charge in [0.15, 0.2) is 0 Å². The second-order valence-corrected chi connectivity index (χ2v) is 3.62. The Labute approximate surface area is 95.0 Å². The second-order valence-electron chi connectivity index (χ2n) is 3.18. The second kappa shape index (κ2) is 6.67. The van der Waals surface area contributed by atoms with Crippen LogP contribution in [0.1, 0.15) is 5.56 Å². The summed E-state index contributed by atoms with van der Waals surface area (Å²) in [6, 6.07) is 5.58. The number of aliphatic hydroxyl groups is 1. The summed E-state index contributed by atoms with van der Waals surface area (Å²) in [6.45, 7) is 1.58. The number of rotatable bonds is 6. The fraction of sp³-hybridized carbons (Fsp3) is 0.455. The number of methoxy groups -OCH3 is 1. The lowest BCUT2D eigenvalue weighted by Gasteiger charge is -2.09. The molecule has 0 radical (unpaired) electrons. The van der Waals surface area contributed by atoms with Crippen molar-refractivity contribution in [1.82, 2.24) is 5.32 Å². The standard InChI is InChI=1S/C11H16ClNO2/c1-15-11-3-2-10(12)8-9(11)4-5-13-6-7-14/h2-3,8,13-14H,4-7H2,1H3. The van der Waals surface area contributed by atoms with E-state index in [1.54, 1.807) is 7.11 Å². The summed E-state index contributed by atoms with van der Waals surface area (Å²) in [4.78, 5) is 0. The van der Waals surface area contributed by atoms with Crippen LogP contribution < -0.4 is 10.1 Å². The Kier molecular flexibility index (Phi) is 5.47. The molecule has 0 atom stereocenters. The molecule has 0 fully saturated rings. The Balaban J connectivity index is 2.54. The van der Waals surface area contributed by atoms with Crippen molar-refractivity contribution in [2.24, 2.45) is 0 Å². The molecular formula is C11H16ClNO2. The normalized spacial score (nSPS) is 10.3. The summed E-state index contributed by atoms with van der Waals surface area (Å²) in [5.41, 5.74) is 1.08. The van der Waals surface area contributed by atoms with Gasteiger partial charge in [0.05, 0.1) is 13.7 Å². The number of benzene rings is 1. The van der Waals surface area contributed by atoms with Crippen LogP contribution in [0.2, 0.25) is 5.02 Å². The SMILES string of the molecule is COc1ccc(Cl)cc1CCNCCO. The zero-order chi connectivity index (χ0) is 11.1. The van der Waals surface area contributed by atoms with Crippen LogP contribution in [0.15, 0.2) is 18.2 Å². The van der Waals surface area contributed by atoms with E-state index < -0.39 is 0 Å². The zero-order valence-electron chi connectivity index (χ0n) is 8.79. The van der Waals surface area contributed by atoms with Crippen LogP contribution in [-0.4, -0.2) is 31.9 Å². The van der Waals surface area contributed by atoms with Gasteiger partial charge in [-0.05, 0) is 36.7 Å². The minimum Gasteiger partial charge on any atom is -0.496 e. The molecule has 84 valence electrons. The lowest BCUT2D eigenvalue weighted by atomic mass is 10.1. The first-order valence-electron chi connectivity index (χ1n) is 4.92. The topological polar surface area (TPSA) is 41.5 Å². The zero-order valence-corrected chi connectivity index (χ0v) is 9.55. The molecule has 0 spiro atoms. The molecule has 15 heavy (non-hydrogen) atoms. The molecule has 0 saturated carbocycles. The van der Waals surface area contributed by atoms with Crippen LogP contribution in [-0.2, 0) is 6.42 Å². The first-order chi connectivity index (χ1) is 7.27. The maximum absolute atomic E-state index is 8.60. The molecule has 0 aliphatic carbocycles. The summed E-state index contributed by atoms with van der Waals surface area (Å²) in [7, 11) is 1.65. The van der Waals surface area contributed by atoms with Crippen molar-refractivity contribution in [1.29, 1.82) is 0 Å². The number of hydrogen-bond acceptors (Lipinski definition) is 3. The maximum Gasteiger partial charge on any atom is 0.122 e. The Hall–Kier alpha value is -0.770. The van der Waals surface area contributed by atoms with Crippen LogP contribution in [0.25, 0.3) is 0 Å². The number of hydrogen-bond donors (Lipinski definition) is 2. The first-order valence-corrected chi connectivity index (χ1v) is 5.29. The van der Waals surface area contributed by atoms with Crippen molar-refractivity contribution in [2.45, 2.75) is 6.42 Å². The van der Waals surface area contributed by atoms with E-state index in [1.807, 2.05) is 18.2 Å². The lowest BCUT2D eigenvalue weighted by Crippen LogP contribution is -2.21. The van der Waals surface area contributed by atoms with Gasteiger partial charge < -0.3 is 15.2 Å². The predicted octanol–water partition coefficient (Wildman–Crippen LogP) is 1.47. The van der Waals surface area contributed by atoms with Gasteiger partial charge in [-0.15, -0.1) is 0 Å². The highest BCUT2D eigenvalue weighted by atomic mass is 35.5. The van der Waals surface area contributed by atoms with E-state index in [2.05, 4.69) is 5.32 Å². The largest absolute Gasteiger partial charge is 0.496 e. The van der Waals surface area contributed by atoms with Gasteiger partial charge in [-0.1, -0.05) is 11.6 Å². The van der Waals surface area contributed by atoms with E-state index in [-0.39, 0.29) is 6.61 Å². The molecule has 2 N–H and O–H groups in total. The average molecular weight is 230 g/mol. The molecular weight excluding hydrogens is 214 g/mol. The molecule has 0 saturated heterocycles. The number of nitrogens with one attached hydrogen (secondary N) is 1. The number of halogens is 1. The van der Waals surface area contributed by atoms with E-state index >= 15 is 0 Å². The van der Waals surface area contributed by atoms with Crippen LogP contribution in [0.5, 0.6) is 5.75 Å². The molecule has 4 heteroatoms. The fourth-order valence-corrected chi connectivity index (χ4v) is 1.56. The fourth-order valence-electron chi connectivity index (χ4n) is 1.37. The van der Waals surface area contributed by atoms with E-state index in [1.165, 1.54) is 0 Å². The van der Waals surface area contributed by atoms with Crippen molar-refractivity contribution in [3.63, 3.8) is 0 Å². The smallest absolute Gasteiger partial charge is 0.122 e. The molecule has 0 heterocycles. The maximum atomic E-state index is 8.60.